The van der Waals surface area contributed by atoms with Crippen LogP contribution in [0.4, 0.5) is 5.82 Å². The van der Waals surface area contributed by atoms with Crippen molar-refractivity contribution in [3.8, 4) is 0 Å². The molecule has 1 aromatic rings. The number of hydrogen-bond acceptors (Lipinski definition) is 3. The minimum atomic E-state index is 0.141. The van der Waals surface area contributed by atoms with Crippen LogP contribution in [0.3, 0.4) is 0 Å². The number of likely N-dealkylation sites (tertiary alicyclic amines) is 1. The fraction of sp³-hybridized carbons (Fsp3) is 0.647. The van der Waals surface area contributed by atoms with Gasteiger partial charge in [0.25, 0.3) is 5.91 Å². The molecule has 0 atom stereocenters. The van der Waals surface area contributed by atoms with Gasteiger partial charge in [0.1, 0.15) is 5.82 Å². The van der Waals surface area contributed by atoms with Crippen molar-refractivity contribution in [3.05, 3.63) is 23.4 Å². The van der Waals surface area contributed by atoms with Crippen molar-refractivity contribution >= 4 is 11.7 Å². The lowest BCUT2D eigenvalue weighted by Gasteiger charge is -2.39. The highest BCUT2D eigenvalue weighted by molar-refractivity contribution is 5.95. The molecule has 1 saturated heterocycles. The number of pyridine rings is 1. The normalized spacial score (nSPS) is 17.6. The van der Waals surface area contributed by atoms with Gasteiger partial charge in [0.15, 0.2) is 0 Å². The fourth-order valence-corrected chi connectivity index (χ4v) is 2.81. The SMILES string of the molecule is CCc1cc(C(=O)N2CCC(C)(CC)CC2)cc(NC)n1. The first-order chi connectivity index (χ1) is 10.0. The number of piperidine rings is 1. The molecular formula is C17H27N3O. The molecule has 0 spiro atoms. The summed E-state index contributed by atoms with van der Waals surface area (Å²) in [6, 6.07) is 3.78. The van der Waals surface area contributed by atoms with Crippen molar-refractivity contribution in [2.75, 3.05) is 25.5 Å². The third kappa shape index (κ3) is 3.55. The van der Waals surface area contributed by atoms with E-state index in [4.69, 9.17) is 0 Å². The van der Waals surface area contributed by atoms with Crippen LogP contribution in [-0.4, -0.2) is 35.9 Å². The maximum Gasteiger partial charge on any atom is 0.254 e. The molecule has 21 heavy (non-hydrogen) atoms. The molecule has 0 radical (unpaired) electrons. The van der Waals surface area contributed by atoms with Crippen molar-refractivity contribution in [2.24, 2.45) is 5.41 Å². The molecular weight excluding hydrogens is 262 g/mol. The number of hydrogen-bond donors (Lipinski definition) is 1. The lowest BCUT2D eigenvalue weighted by atomic mass is 9.78. The Labute approximate surface area is 127 Å². The Morgan fingerprint density at radius 1 is 1.33 bits per heavy atom. The molecule has 1 aromatic heterocycles. The van der Waals surface area contributed by atoms with E-state index in [-0.39, 0.29) is 5.91 Å². The highest BCUT2D eigenvalue weighted by atomic mass is 16.2. The third-order valence-corrected chi connectivity index (χ3v) is 4.86. The van der Waals surface area contributed by atoms with Gasteiger partial charge >= 0.3 is 0 Å². The van der Waals surface area contributed by atoms with Crippen LogP contribution >= 0.6 is 0 Å². The van der Waals surface area contributed by atoms with Crippen molar-refractivity contribution in [1.29, 1.82) is 0 Å². The van der Waals surface area contributed by atoms with Crippen molar-refractivity contribution in [1.82, 2.24) is 9.88 Å². The number of nitrogens with one attached hydrogen (secondary N) is 1. The number of anilines is 1. The molecule has 116 valence electrons. The average molecular weight is 289 g/mol. The van der Waals surface area contributed by atoms with Gasteiger partial charge in [-0.15, -0.1) is 0 Å². The zero-order valence-corrected chi connectivity index (χ0v) is 13.7. The summed E-state index contributed by atoms with van der Waals surface area (Å²) in [5, 5.41) is 3.04. The van der Waals surface area contributed by atoms with E-state index in [0.717, 1.165) is 49.4 Å². The zero-order chi connectivity index (χ0) is 15.5. The summed E-state index contributed by atoms with van der Waals surface area (Å²) in [4.78, 5) is 19.1. The predicted octanol–water partition coefficient (Wildman–Crippen LogP) is 3.34. The molecule has 0 aliphatic carbocycles. The van der Waals surface area contributed by atoms with Gasteiger partial charge in [-0.25, -0.2) is 4.98 Å². The monoisotopic (exact) mass is 289 g/mol. The van der Waals surface area contributed by atoms with Crippen molar-refractivity contribution in [2.45, 2.75) is 46.5 Å². The molecule has 2 rings (SSSR count). The maximum atomic E-state index is 12.7. The second kappa shape index (κ2) is 6.46. The Morgan fingerprint density at radius 3 is 2.52 bits per heavy atom. The number of nitrogens with zero attached hydrogens (tertiary/aromatic N) is 2. The summed E-state index contributed by atoms with van der Waals surface area (Å²) in [6.45, 7) is 8.36. The third-order valence-electron chi connectivity index (χ3n) is 4.86. The summed E-state index contributed by atoms with van der Waals surface area (Å²) in [6.07, 6.45) is 4.22. The van der Waals surface area contributed by atoms with Gasteiger partial charge < -0.3 is 10.2 Å². The Kier molecular flexibility index (Phi) is 4.86. The highest BCUT2D eigenvalue weighted by Crippen LogP contribution is 2.34. The van der Waals surface area contributed by atoms with Gasteiger partial charge in [-0.3, -0.25) is 4.79 Å². The number of carbonyl (C=O) groups is 1. The van der Waals surface area contributed by atoms with E-state index in [1.807, 2.05) is 24.1 Å². The standard InChI is InChI=1S/C17H27N3O/c1-5-14-11-13(12-15(18-4)19-14)16(21)20-9-7-17(3,6-2)8-10-20/h11-12H,5-10H2,1-4H3,(H,18,19). The summed E-state index contributed by atoms with van der Waals surface area (Å²) in [7, 11) is 1.84. The van der Waals surface area contributed by atoms with Crippen LogP contribution in [-0.2, 0) is 6.42 Å². The minimum absolute atomic E-state index is 0.141. The summed E-state index contributed by atoms with van der Waals surface area (Å²) in [5.74, 6) is 0.912. The van der Waals surface area contributed by atoms with Crippen molar-refractivity contribution in [3.63, 3.8) is 0 Å². The Bertz CT molecular complexity index is 483. The summed E-state index contributed by atoms with van der Waals surface area (Å²) in [5.41, 5.74) is 2.12. The Morgan fingerprint density at radius 2 is 2.00 bits per heavy atom. The molecule has 1 aliphatic rings. The van der Waals surface area contributed by atoms with E-state index in [1.165, 1.54) is 6.42 Å². The van der Waals surface area contributed by atoms with Crippen LogP contribution in [0.25, 0.3) is 0 Å². The lowest BCUT2D eigenvalue weighted by molar-refractivity contribution is 0.0600. The molecule has 1 aliphatic heterocycles. The van der Waals surface area contributed by atoms with Gasteiger partial charge in [0.05, 0.1) is 0 Å². The van der Waals surface area contributed by atoms with E-state index in [9.17, 15) is 4.79 Å². The quantitative estimate of drug-likeness (QED) is 0.924. The summed E-state index contributed by atoms with van der Waals surface area (Å²) < 4.78 is 0. The number of rotatable bonds is 4. The molecule has 4 heteroatoms. The molecule has 2 heterocycles. The van der Waals surface area contributed by atoms with Crippen LogP contribution < -0.4 is 5.32 Å². The first kappa shape index (κ1) is 15.8. The zero-order valence-electron chi connectivity index (χ0n) is 13.7. The second-order valence-corrected chi connectivity index (χ2v) is 6.29. The van der Waals surface area contributed by atoms with Gasteiger partial charge in [-0.1, -0.05) is 27.2 Å². The first-order valence-electron chi connectivity index (χ1n) is 7.99. The highest BCUT2D eigenvalue weighted by Gasteiger charge is 2.30. The topological polar surface area (TPSA) is 45.2 Å². The number of aryl methyl sites for hydroxylation is 1. The van der Waals surface area contributed by atoms with E-state index < -0.39 is 0 Å². The number of amides is 1. The second-order valence-electron chi connectivity index (χ2n) is 6.29. The Balaban J connectivity index is 2.14. The largest absolute Gasteiger partial charge is 0.373 e. The van der Waals surface area contributed by atoms with Crippen LogP contribution in [0.1, 0.15) is 56.1 Å². The molecule has 0 saturated carbocycles. The van der Waals surface area contributed by atoms with Gasteiger partial charge in [-0.05, 0) is 36.8 Å². The van der Waals surface area contributed by atoms with Crippen LogP contribution in [0.15, 0.2) is 12.1 Å². The average Bonchev–Trinajstić information content (AvgIpc) is 2.54. The number of carbonyl (C=O) groups excluding carboxylic acids is 1. The predicted molar refractivity (Wildman–Crippen MR) is 86.7 cm³/mol. The van der Waals surface area contributed by atoms with Gasteiger partial charge in [0.2, 0.25) is 0 Å². The molecule has 1 N–H and O–H groups in total. The summed E-state index contributed by atoms with van der Waals surface area (Å²) >= 11 is 0. The Hall–Kier alpha value is -1.58. The molecule has 4 nitrogen and oxygen atoms in total. The molecule has 1 fully saturated rings. The lowest BCUT2D eigenvalue weighted by Crippen LogP contribution is -2.42. The molecule has 0 unspecified atom stereocenters. The minimum Gasteiger partial charge on any atom is -0.373 e. The number of aromatic nitrogens is 1. The first-order valence-corrected chi connectivity index (χ1v) is 7.99. The maximum absolute atomic E-state index is 12.7. The fourth-order valence-electron chi connectivity index (χ4n) is 2.81. The van der Waals surface area contributed by atoms with E-state index in [1.54, 1.807) is 0 Å². The van der Waals surface area contributed by atoms with E-state index in [0.29, 0.717) is 5.41 Å². The smallest absolute Gasteiger partial charge is 0.254 e. The van der Waals surface area contributed by atoms with E-state index in [2.05, 4.69) is 31.1 Å². The van der Waals surface area contributed by atoms with E-state index >= 15 is 0 Å². The van der Waals surface area contributed by atoms with Gasteiger partial charge in [0, 0.05) is 31.4 Å². The molecule has 0 aromatic carbocycles. The van der Waals surface area contributed by atoms with Crippen molar-refractivity contribution < 1.29 is 4.79 Å². The van der Waals surface area contributed by atoms with Crippen LogP contribution in [0.2, 0.25) is 0 Å². The molecule has 1 amide bonds. The van der Waals surface area contributed by atoms with Gasteiger partial charge in [-0.2, -0.15) is 0 Å². The molecule has 0 bridgehead atoms. The van der Waals surface area contributed by atoms with Crippen LogP contribution in [0.5, 0.6) is 0 Å². The van der Waals surface area contributed by atoms with Crippen LogP contribution in [0, 0.1) is 5.41 Å².